The molecule has 2 rings (SSSR count). The highest BCUT2D eigenvalue weighted by Gasteiger charge is 2.32. The fraction of sp³-hybridized carbons (Fsp3) is 0.500. The van der Waals surface area contributed by atoms with Gasteiger partial charge in [0.15, 0.2) is 0 Å². The first-order chi connectivity index (χ1) is 9.06. The summed E-state index contributed by atoms with van der Waals surface area (Å²) < 4.78 is 0.383. The van der Waals surface area contributed by atoms with Crippen molar-refractivity contribution in [1.29, 1.82) is 0 Å². The molecule has 1 fully saturated rings. The number of anilines is 1. The van der Waals surface area contributed by atoms with E-state index >= 15 is 0 Å². The Hall–Kier alpha value is -0.450. The van der Waals surface area contributed by atoms with Crippen LogP contribution in [0.4, 0.5) is 5.69 Å². The highest BCUT2D eigenvalue weighted by atomic mass is 35.5. The number of nitrogens with two attached hydrogens (primary N) is 1. The quantitative estimate of drug-likeness (QED) is 0.804. The molecule has 0 atom stereocenters. The Morgan fingerprint density at radius 1 is 1.47 bits per heavy atom. The van der Waals surface area contributed by atoms with Crippen molar-refractivity contribution in [2.24, 2.45) is 5.73 Å². The normalized spacial score (nSPS) is 17.4. The molecule has 2 nitrogen and oxygen atoms in total. The fourth-order valence-electron chi connectivity index (χ4n) is 2.56. The van der Waals surface area contributed by atoms with E-state index in [1.807, 2.05) is 30.0 Å². The first-order valence-corrected chi connectivity index (χ1v) is 8.46. The molecule has 0 spiro atoms. The molecule has 1 saturated carbocycles. The van der Waals surface area contributed by atoms with Gasteiger partial charge in [-0.2, -0.15) is 11.8 Å². The summed E-state index contributed by atoms with van der Waals surface area (Å²) in [5.74, 6) is 0. The van der Waals surface area contributed by atoms with Gasteiger partial charge in [0.25, 0.3) is 0 Å². The zero-order valence-electron chi connectivity index (χ0n) is 11.0. The molecule has 19 heavy (non-hydrogen) atoms. The van der Waals surface area contributed by atoms with Crippen LogP contribution in [0.5, 0.6) is 0 Å². The third-order valence-corrected chi connectivity index (χ3v) is 5.75. The second-order valence-electron chi connectivity index (χ2n) is 5.01. The first-order valence-electron chi connectivity index (χ1n) is 6.45. The smallest absolute Gasteiger partial charge is 0.105 e. The molecule has 0 heterocycles. The maximum atomic E-state index is 6.18. The van der Waals surface area contributed by atoms with Crippen molar-refractivity contribution in [3.05, 3.63) is 28.8 Å². The molecule has 0 amide bonds. The monoisotopic (exact) mass is 314 g/mol. The predicted molar refractivity (Wildman–Crippen MR) is 90.5 cm³/mol. The lowest BCUT2D eigenvalue weighted by molar-refractivity contribution is 0.640. The van der Waals surface area contributed by atoms with Crippen LogP contribution in [0.25, 0.3) is 0 Å². The van der Waals surface area contributed by atoms with Crippen molar-refractivity contribution < 1.29 is 0 Å². The van der Waals surface area contributed by atoms with Crippen molar-refractivity contribution >= 4 is 46.3 Å². The van der Waals surface area contributed by atoms with E-state index in [4.69, 9.17) is 29.6 Å². The molecular weight excluding hydrogens is 296 g/mol. The zero-order chi connectivity index (χ0) is 13.9. The Bertz CT molecular complexity index is 471. The van der Waals surface area contributed by atoms with Crippen LogP contribution in [-0.4, -0.2) is 22.5 Å². The van der Waals surface area contributed by atoms with Crippen LogP contribution in [0, 0.1) is 0 Å². The second kappa shape index (κ2) is 6.33. The minimum Gasteiger partial charge on any atom is -0.389 e. The highest BCUT2D eigenvalue weighted by Crippen LogP contribution is 2.40. The van der Waals surface area contributed by atoms with E-state index in [1.165, 1.54) is 25.7 Å². The Kier molecular flexibility index (Phi) is 4.98. The number of benzene rings is 1. The molecule has 0 unspecified atom stereocenters. The maximum absolute atomic E-state index is 6.18. The Labute approximate surface area is 129 Å². The number of rotatable bonds is 5. The van der Waals surface area contributed by atoms with Gasteiger partial charge in [0.2, 0.25) is 0 Å². The van der Waals surface area contributed by atoms with Gasteiger partial charge in [0.05, 0.1) is 5.02 Å². The number of thioether (sulfide) groups is 1. The standard InChI is InChI=1S/C14H19ClN2S2/c1-19-14(6-2-3-7-14)9-17-10-4-5-11(13(16)18)12(15)8-10/h4-5,8,17H,2-3,6-7,9H2,1H3,(H2,16,18). The largest absolute Gasteiger partial charge is 0.389 e. The van der Waals surface area contributed by atoms with Gasteiger partial charge in [-0.15, -0.1) is 0 Å². The summed E-state index contributed by atoms with van der Waals surface area (Å²) in [7, 11) is 0. The third kappa shape index (κ3) is 3.56. The Morgan fingerprint density at radius 3 is 2.68 bits per heavy atom. The fourth-order valence-corrected chi connectivity index (χ4v) is 3.99. The maximum Gasteiger partial charge on any atom is 0.105 e. The van der Waals surface area contributed by atoms with Gasteiger partial charge in [0.1, 0.15) is 4.99 Å². The van der Waals surface area contributed by atoms with E-state index in [2.05, 4.69) is 11.6 Å². The first kappa shape index (κ1) is 14.9. The number of hydrogen-bond acceptors (Lipinski definition) is 3. The lowest BCUT2D eigenvalue weighted by atomic mass is 10.1. The highest BCUT2D eigenvalue weighted by molar-refractivity contribution is 8.00. The predicted octanol–water partition coefficient (Wildman–Crippen LogP) is 4.06. The summed E-state index contributed by atoms with van der Waals surface area (Å²) in [6.45, 7) is 0.983. The number of halogens is 1. The van der Waals surface area contributed by atoms with Crippen molar-refractivity contribution in [2.75, 3.05) is 18.1 Å². The van der Waals surface area contributed by atoms with Crippen molar-refractivity contribution in [3.8, 4) is 0 Å². The van der Waals surface area contributed by atoms with Gasteiger partial charge < -0.3 is 11.1 Å². The molecule has 1 aromatic rings. The van der Waals surface area contributed by atoms with E-state index in [1.54, 1.807) is 0 Å². The van der Waals surface area contributed by atoms with Crippen LogP contribution >= 0.6 is 35.6 Å². The summed E-state index contributed by atoms with van der Waals surface area (Å²) in [4.78, 5) is 0.341. The molecule has 0 radical (unpaired) electrons. The summed E-state index contributed by atoms with van der Waals surface area (Å²) in [5, 5.41) is 4.11. The topological polar surface area (TPSA) is 38.0 Å². The molecule has 5 heteroatoms. The molecule has 1 aliphatic carbocycles. The molecular formula is C14H19ClN2S2. The zero-order valence-corrected chi connectivity index (χ0v) is 13.4. The van der Waals surface area contributed by atoms with Gasteiger partial charge in [-0.3, -0.25) is 0 Å². The number of thiocarbonyl (C=S) groups is 1. The Balaban J connectivity index is 2.03. The van der Waals surface area contributed by atoms with Crippen molar-refractivity contribution in [1.82, 2.24) is 0 Å². The van der Waals surface area contributed by atoms with Crippen LogP contribution in [0.1, 0.15) is 31.2 Å². The van der Waals surface area contributed by atoms with Crippen LogP contribution in [0.3, 0.4) is 0 Å². The summed E-state index contributed by atoms with van der Waals surface area (Å²) in [6, 6.07) is 5.77. The molecule has 0 aliphatic heterocycles. The molecule has 1 aromatic carbocycles. The number of nitrogens with one attached hydrogen (secondary N) is 1. The van der Waals surface area contributed by atoms with E-state index in [-0.39, 0.29) is 0 Å². The lowest BCUT2D eigenvalue weighted by Crippen LogP contribution is -2.30. The summed E-state index contributed by atoms with van der Waals surface area (Å²) in [6.07, 6.45) is 7.46. The van der Waals surface area contributed by atoms with Crippen LogP contribution in [0.15, 0.2) is 18.2 Å². The van der Waals surface area contributed by atoms with E-state index in [0.29, 0.717) is 14.8 Å². The van der Waals surface area contributed by atoms with E-state index in [0.717, 1.165) is 17.8 Å². The van der Waals surface area contributed by atoms with Crippen LogP contribution in [0.2, 0.25) is 5.02 Å². The van der Waals surface area contributed by atoms with Gasteiger partial charge in [-0.25, -0.2) is 0 Å². The summed E-state index contributed by atoms with van der Waals surface area (Å²) in [5.41, 5.74) is 7.38. The second-order valence-corrected chi connectivity index (χ2v) is 7.13. The molecule has 0 aromatic heterocycles. The molecule has 104 valence electrons. The van der Waals surface area contributed by atoms with Gasteiger partial charge in [-0.05, 0) is 37.3 Å². The van der Waals surface area contributed by atoms with Crippen LogP contribution in [-0.2, 0) is 0 Å². The van der Waals surface area contributed by atoms with E-state index in [9.17, 15) is 0 Å². The van der Waals surface area contributed by atoms with Crippen molar-refractivity contribution in [2.45, 2.75) is 30.4 Å². The van der Waals surface area contributed by atoms with Gasteiger partial charge in [0, 0.05) is 22.5 Å². The number of hydrogen-bond donors (Lipinski definition) is 2. The molecule has 0 bridgehead atoms. The average molecular weight is 315 g/mol. The minimum atomic E-state index is 0.341. The average Bonchev–Trinajstić information content (AvgIpc) is 2.85. The van der Waals surface area contributed by atoms with Gasteiger partial charge >= 0.3 is 0 Å². The van der Waals surface area contributed by atoms with Crippen LogP contribution < -0.4 is 11.1 Å². The summed E-state index contributed by atoms with van der Waals surface area (Å²) >= 11 is 13.1. The lowest BCUT2D eigenvalue weighted by Gasteiger charge is -2.27. The van der Waals surface area contributed by atoms with Crippen molar-refractivity contribution in [3.63, 3.8) is 0 Å². The van der Waals surface area contributed by atoms with E-state index < -0.39 is 0 Å². The molecule has 0 saturated heterocycles. The Morgan fingerprint density at radius 2 is 2.16 bits per heavy atom. The van der Waals surface area contributed by atoms with Gasteiger partial charge in [-0.1, -0.05) is 36.7 Å². The minimum absolute atomic E-state index is 0.341. The molecule has 1 aliphatic rings. The third-order valence-electron chi connectivity index (χ3n) is 3.80. The SMILES string of the molecule is CSC1(CNc2ccc(C(N)=S)c(Cl)c2)CCCC1. The molecule has 3 N–H and O–H groups in total.